The number of aromatic nitrogens is 1. The van der Waals surface area contributed by atoms with Gasteiger partial charge in [-0.1, -0.05) is 44.2 Å². The molecule has 1 aromatic heterocycles. The van der Waals surface area contributed by atoms with Crippen LogP contribution in [-0.4, -0.2) is 58.3 Å². The van der Waals surface area contributed by atoms with Crippen LogP contribution in [0.4, 0.5) is 5.69 Å². The number of nitro benzene ring substituents is 1. The Morgan fingerprint density at radius 1 is 1.00 bits per heavy atom. The van der Waals surface area contributed by atoms with Crippen molar-refractivity contribution in [2.45, 2.75) is 26.8 Å². The molecule has 0 saturated carbocycles. The van der Waals surface area contributed by atoms with E-state index in [2.05, 4.69) is 11.1 Å². The molecule has 218 valence electrons. The van der Waals surface area contributed by atoms with E-state index < -0.39 is 4.92 Å². The normalized spacial score (nSPS) is 11.2. The zero-order valence-electron chi connectivity index (χ0n) is 24.2. The molecule has 0 spiro atoms. The Morgan fingerprint density at radius 3 is 2.38 bits per heavy atom. The first kappa shape index (κ1) is 30.0. The highest BCUT2D eigenvalue weighted by Crippen LogP contribution is 2.20. The molecule has 42 heavy (non-hydrogen) atoms. The first-order valence-corrected chi connectivity index (χ1v) is 13.9. The molecule has 1 N–H and O–H groups in total. The summed E-state index contributed by atoms with van der Waals surface area (Å²) in [4.78, 5) is 44.1. The lowest BCUT2D eigenvalue weighted by Gasteiger charge is -2.28. The van der Waals surface area contributed by atoms with Crippen molar-refractivity contribution in [1.29, 1.82) is 0 Å². The predicted molar refractivity (Wildman–Crippen MR) is 164 cm³/mol. The minimum absolute atomic E-state index is 0.0184. The number of carbonyl (C=O) groups excluding carboxylic acids is 2. The zero-order valence-corrected chi connectivity index (χ0v) is 24.2. The standard InChI is InChI=1S/C33H36N4O5/c1-24(2)21-36(32(38)17-12-25-8-13-28(14-9-25)37(40)41)23-33(39)35(22-26-10-15-29(42-3)16-11-26)19-18-27-20-34-31-7-5-4-6-30(27)31/h4-17,20,24,34H,18-19,21-23H2,1-3H3. The number of non-ortho nitro benzene ring substituents is 1. The number of fused-ring (bicyclic) bond motifs is 1. The van der Waals surface area contributed by atoms with Crippen molar-refractivity contribution in [3.8, 4) is 5.75 Å². The van der Waals surface area contributed by atoms with E-state index in [4.69, 9.17) is 4.74 Å². The number of rotatable bonds is 13. The highest BCUT2D eigenvalue weighted by Gasteiger charge is 2.22. The second-order valence-electron chi connectivity index (χ2n) is 10.6. The third-order valence-corrected chi connectivity index (χ3v) is 6.96. The van der Waals surface area contributed by atoms with E-state index in [1.807, 2.05) is 62.5 Å². The van der Waals surface area contributed by atoms with E-state index >= 15 is 0 Å². The number of aromatic amines is 1. The Labute approximate surface area is 245 Å². The van der Waals surface area contributed by atoms with Crippen LogP contribution in [0.1, 0.15) is 30.5 Å². The molecule has 0 aliphatic heterocycles. The number of methoxy groups -OCH3 is 1. The second kappa shape index (κ2) is 14.1. The molecule has 0 unspecified atom stereocenters. The monoisotopic (exact) mass is 568 g/mol. The Hall–Kier alpha value is -4.92. The van der Waals surface area contributed by atoms with Gasteiger partial charge in [0.15, 0.2) is 0 Å². The number of nitrogens with one attached hydrogen (secondary N) is 1. The van der Waals surface area contributed by atoms with Gasteiger partial charge in [0.2, 0.25) is 11.8 Å². The fraction of sp³-hybridized carbons (Fsp3) is 0.273. The van der Waals surface area contributed by atoms with E-state index in [9.17, 15) is 19.7 Å². The van der Waals surface area contributed by atoms with Crippen molar-refractivity contribution < 1.29 is 19.2 Å². The molecule has 9 heteroatoms. The maximum absolute atomic E-state index is 13.8. The number of nitrogens with zero attached hydrogens (tertiary/aromatic N) is 3. The number of para-hydroxylation sites is 1. The number of hydrogen-bond acceptors (Lipinski definition) is 5. The minimum Gasteiger partial charge on any atom is -0.497 e. The van der Waals surface area contributed by atoms with Crippen LogP contribution in [0.5, 0.6) is 5.75 Å². The quantitative estimate of drug-likeness (QED) is 0.124. The van der Waals surface area contributed by atoms with Crippen molar-refractivity contribution in [3.05, 3.63) is 112 Å². The smallest absolute Gasteiger partial charge is 0.269 e. The molecule has 0 aliphatic carbocycles. The lowest BCUT2D eigenvalue weighted by Crippen LogP contribution is -2.44. The van der Waals surface area contributed by atoms with E-state index in [0.717, 1.165) is 27.8 Å². The number of carbonyl (C=O) groups is 2. The van der Waals surface area contributed by atoms with Crippen LogP contribution >= 0.6 is 0 Å². The average molecular weight is 569 g/mol. The van der Waals surface area contributed by atoms with Gasteiger partial charge in [0.25, 0.3) is 5.69 Å². The molecule has 0 atom stereocenters. The molecule has 4 rings (SSSR count). The van der Waals surface area contributed by atoms with Crippen molar-refractivity contribution in [1.82, 2.24) is 14.8 Å². The van der Waals surface area contributed by atoms with Crippen LogP contribution in [0.25, 0.3) is 17.0 Å². The van der Waals surface area contributed by atoms with Gasteiger partial charge in [-0.25, -0.2) is 0 Å². The largest absolute Gasteiger partial charge is 0.497 e. The minimum atomic E-state index is -0.467. The van der Waals surface area contributed by atoms with Gasteiger partial charge in [0, 0.05) is 54.9 Å². The summed E-state index contributed by atoms with van der Waals surface area (Å²) in [6, 6.07) is 21.7. The maximum atomic E-state index is 13.8. The number of hydrogen-bond donors (Lipinski definition) is 1. The predicted octanol–water partition coefficient (Wildman–Crippen LogP) is 5.85. The van der Waals surface area contributed by atoms with Gasteiger partial charge < -0.3 is 19.5 Å². The molecule has 9 nitrogen and oxygen atoms in total. The fourth-order valence-electron chi connectivity index (χ4n) is 4.75. The number of nitro groups is 1. The zero-order chi connectivity index (χ0) is 30.1. The van der Waals surface area contributed by atoms with E-state index in [0.29, 0.717) is 31.6 Å². The van der Waals surface area contributed by atoms with Crippen LogP contribution in [0.2, 0.25) is 0 Å². The van der Waals surface area contributed by atoms with Crippen LogP contribution in [0.15, 0.2) is 85.1 Å². The van der Waals surface area contributed by atoms with E-state index in [-0.39, 0.29) is 30.0 Å². The van der Waals surface area contributed by atoms with Gasteiger partial charge in [0.05, 0.1) is 12.0 Å². The fourth-order valence-corrected chi connectivity index (χ4v) is 4.75. The summed E-state index contributed by atoms with van der Waals surface area (Å²) in [5, 5.41) is 12.1. The molecule has 0 fully saturated rings. The van der Waals surface area contributed by atoms with Gasteiger partial charge in [0.1, 0.15) is 12.3 Å². The molecule has 2 amide bonds. The van der Waals surface area contributed by atoms with E-state index in [1.165, 1.54) is 18.2 Å². The van der Waals surface area contributed by atoms with Crippen molar-refractivity contribution in [3.63, 3.8) is 0 Å². The maximum Gasteiger partial charge on any atom is 0.269 e. The topological polar surface area (TPSA) is 109 Å². The summed E-state index contributed by atoms with van der Waals surface area (Å²) in [6.45, 7) is 5.22. The highest BCUT2D eigenvalue weighted by atomic mass is 16.6. The summed E-state index contributed by atoms with van der Waals surface area (Å²) < 4.78 is 5.28. The number of benzene rings is 3. The van der Waals surface area contributed by atoms with Crippen LogP contribution in [0.3, 0.4) is 0 Å². The number of ether oxygens (including phenoxy) is 1. The van der Waals surface area contributed by atoms with Crippen LogP contribution < -0.4 is 4.74 Å². The second-order valence-corrected chi connectivity index (χ2v) is 10.6. The summed E-state index contributed by atoms with van der Waals surface area (Å²) in [5.74, 6) is 0.444. The Bertz CT molecular complexity index is 1540. The summed E-state index contributed by atoms with van der Waals surface area (Å²) in [5.41, 5.74) is 3.77. The van der Waals surface area contributed by atoms with Gasteiger partial charge in [-0.15, -0.1) is 0 Å². The molecule has 4 aromatic rings. The average Bonchev–Trinajstić information content (AvgIpc) is 3.41. The lowest BCUT2D eigenvalue weighted by molar-refractivity contribution is -0.384. The Balaban J connectivity index is 1.51. The SMILES string of the molecule is COc1ccc(CN(CCc2c[nH]c3ccccc23)C(=O)CN(CC(C)C)C(=O)C=Cc2ccc([N+](=O)[O-])cc2)cc1. The molecule has 0 bridgehead atoms. The third kappa shape index (κ3) is 8.06. The van der Waals surface area contributed by atoms with Gasteiger partial charge in [-0.05, 0) is 65.4 Å². The van der Waals surface area contributed by atoms with Gasteiger partial charge in [-0.3, -0.25) is 19.7 Å². The highest BCUT2D eigenvalue weighted by molar-refractivity contribution is 5.94. The molecule has 1 heterocycles. The van der Waals surface area contributed by atoms with Gasteiger partial charge >= 0.3 is 0 Å². The number of amides is 2. The summed E-state index contributed by atoms with van der Waals surface area (Å²) in [7, 11) is 1.61. The Kier molecular flexibility index (Phi) is 10.1. The van der Waals surface area contributed by atoms with Crippen molar-refractivity contribution in [2.24, 2.45) is 5.92 Å². The van der Waals surface area contributed by atoms with E-state index in [1.54, 1.807) is 35.1 Å². The Morgan fingerprint density at radius 2 is 1.71 bits per heavy atom. The molecule has 0 saturated heterocycles. The van der Waals surface area contributed by atoms with Crippen LogP contribution in [-0.2, 0) is 22.6 Å². The summed E-state index contributed by atoms with van der Waals surface area (Å²) >= 11 is 0. The molecule has 3 aromatic carbocycles. The first-order chi connectivity index (χ1) is 20.2. The lowest BCUT2D eigenvalue weighted by atomic mass is 10.1. The molecule has 0 radical (unpaired) electrons. The first-order valence-electron chi connectivity index (χ1n) is 13.9. The van der Waals surface area contributed by atoms with Crippen molar-refractivity contribution in [2.75, 3.05) is 26.7 Å². The molecule has 0 aliphatic rings. The molecular formula is C33H36N4O5. The molecular weight excluding hydrogens is 532 g/mol. The number of H-pyrrole nitrogens is 1. The van der Waals surface area contributed by atoms with Gasteiger partial charge in [-0.2, -0.15) is 0 Å². The summed E-state index contributed by atoms with van der Waals surface area (Å²) in [6.07, 6.45) is 5.66. The van der Waals surface area contributed by atoms with Crippen LogP contribution in [0, 0.1) is 16.0 Å². The van der Waals surface area contributed by atoms with Crippen molar-refractivity contribution >= 4 is 34.5 Å². The third-order valence-electron chi connectivity index (χ3n) is 6.96.